The number of amides is 1. The van der Waals surface area contributed by atoms with E-state index < -0.39 is 0 Å². The van der Waals surface area contributed by atoms with Crippen molar-refractivity contribution in [2.75, 3.05) is 32.8 Å². The standard InChI is InChI=1S/C10H22N2O2.ClH/c1-3-6-11-7-8-12-10(13)5-9-14-4-2;/h11H,3-9H2,1-2H3,(H,12,13);1H. The summed E-state index contributed by atoms with van der Waals surface area (Å²) in [4.78, 5) is 11.1. The number of nitrogens with one attached hydrogen (secondary N) is 2. The van der Waals surface area contributed by atoms with Crippen molar-refractivity contribution in [3.05, 3.63) is 0 Å². The van der Waals surface area contributed by atoms with E-state index in [1.165, 1.54) is 0 Å². The summed E-state index contributed by atoms with van der Waals surface area (Å²) in [5, 5.41) is 6.03. The summed E-state index contributed by atoms with van der Waals surface area (Å²) in [6.45, 7) is 7.78. The molecule has 4 nitrogen and oxygen atoms in total. The van der Waals surface area contributed by atoms with Crippen LogP contribution in [0.5, 0.6) is 0 Å². The van der Waals surface area contributed by atoms with Crippen molar-refractivity contribution >= 4 is 18.3 Å². The molecule has 0 aliphatic heterocycles. The Morgan fingerprint density at radius 3 is 2.53 bits per heavy atom. The summed E-state index contributed by atoms with van der Waals surface area (Å²) >= 11 is 0. The number of hydrogen-bond acceptors (Lipinski definition) is 3. The highest BCUT2D eigenvalue weighted by atomic mass is 35.5. The van der Waals surface area contributed by atoms with Crippen molar-refractivity contribution in [1.82, 2.24) is 10.6 Å². The molecule has 5 heteroatoms. The smallest absolute Gasteiger partial charge is 0.222 e. The molecule has 0 heterocycles. The Balaban J connectivity index is 0. The summed E-state index contributed by atoms with van der Waals surface area (Å²) in [6.07, 6.45) is 1.58. The lowest BCUT2D eigenvalue weighted by molar-refractivity contribution is -0.122. The molecule has 0 rings (SSSR count). The van der Waals surface area contributed by atoms with Gasteiger partial charge in [0.2, 0.25) is 5.91 Å². The molecule has 0 atom stereocenters. The van der Waals surface area contributed by atoms with Gasteiger partial charge in [0.15, 0.2) is 0 Å². The van der Waals surface area contributed by atoms with E-state index in [0.717, 1.165) is 19.5 Å². The van der Waals surface area contributed by atoms with Crippen molar-refractivity contribution in [3.8, 4) is 0 Å². The number of carbonyl (C=O) groups is 1. The van der Waals surface area contributed by atoms with Crippen LogP contribution >= 0.6 is 12.4 Å². The van der Waals surface area contributed by atoms with E-state index in [0.29, 0.717) is 26.2 Å². The van der Waals surface area contributed by atoms with Crippen molar-refractivity contribution in [2.24, 2.45) is 0 Å². The molecule has 0 aromatic heterocycles. The predicted molar refractivity (Wildman–Crippen MR) is 64.5 cm³/mol. The zero-order chi connectivity index (χ0) is 10.6. The normalized spacial score (nSPS) is 9.47. The Labute approximate surface area is 98.6 Å². The van der Waals surface area contributed by atoms with E-state index in [2.05, 4.69) is 17.6 Å². The van der Waals surface area contributed by atoms with Gasteiger partial charge in [-0.05, 0) is 19.9 Å². The highest BCUT2D eigenvalue weighted by molar-refractivity contribution is 5.85. The highest BCUT2D eigenvalue weighted by Gasteiger charge is 1.98. The van der Waals surface area contributed by atoms with Crippen LogP contribution in [-0.4, -0.2) is 38.8 Å². The topological polar surface area (TPSA) is 50.4 Å². The third kappa shape index (κ3) is 13.7. The van der Waals surface area contributed by atoms with E-state index in [1.54, 1.807) is 0 Å². The molecule has 1 amide bonds. The maximum atomic E-state index is 11.1. The molecule has 2 N–H and O–H groups in total. The fraction of sp³-hybridized carbons (Fsp3) is 0.900. The van der Waals surface area contributed by atoms with Gasteiger partial charge in [-0.2, -0.15) is 0 Å². The van der Waals surface area contributed by atoms with Gasteiger partial charge in [0.25, 0.3) is 0 Å². The zero-order valence-electron chi connectivity index (χ0n) is 9.67. The second kappa shape index (κ2) is 13.7. The molecule has 0 aliphatic carbocycles. The van der Waals surface area contributed by atoms with Gasteiger partial charge in [-0.3, -0.25) is 4.79 Å². The lowest BCUT2D eigenvalue weighted by Crippen LogP contribution is -2.32. The van der Waals surface area contributed by atoms with Crippen LogP contribution in [0.15, 0.2) is 0 Å². The second-order valence-electron chi connectivity index (χ2n) is 3.05. The first kappa shape index (κ1) is 17.1. The largest absolute Gasteiger partial charge is 0.381 e. The fourth-order valence-corrected chi connectivity index (χ4v) is 0.990. The van der Waals surface area contributed by atoms with Crippen molar-refractivity contribution in [2.45, 2.75) is 26.7 Å². The van der Waals surface area contributed by atoms with Crippen LogP contribution in [0.2, 0.25) is 0 Å². The third-order valence-corrected chi connectivity index (χ3v) is 1.73. The molecule has 0 radical (unpaired) electrons. The van der Waals surface area contributed by atoms with E-state index >= 15 is 0 Å². The minimum Gasteiger partial charge on any atom is -0.381 e. The number of carbonyl (C=O) groups excluding carboxylic acids is 1. The second-order valence-corrected chi connectivity index (χ2v) is 3.05. The maximum Gasteiger partial charge on any atom is 0.222 e. The van der Waals surface area contributed by atoms with Crippen LogP contribution in [0.1, 0.15) is 26.7 Å². The zero-order valence-corrected chi connectivity index (χ0v) is 10.5. The quantitative estimate of drug-likeness (QED) is 0.588. The lowest BCUT2D eigenvalue weighted by Gasteiger charge is -2.05. The average Bonchev–Trinajstić information content (AvgIpc) is 2.18. The van der Waals surface area contributed by atoms with Gasteiger partial charge in [-0.15, -0.1) is 12.4 Å². The van der Waals surface area contributed by atoms with Gasteiger partial charge in [-0.25, -0.2) is 0 Å². The Morgan fingerprint density at radius 2 is 1.93 bits per heavy atom. The SMILES string of the molecule is CCCNCCNC(=O)CCOCC.Cl. The van der Waals surface area contributed by atoms with Gasteiger partial charge in [0.1, 0.15) is 0 Å². The molecule has 0 unspecified atom stereocenters. The number of ether oxygens (including phenoxy) is 1. The molecule has 0 spiro atoms. The van der Waals surface area contributed by atoms with Gasteiger partial charge >= 0.3 is 0 Å². The Bertz CT molecular complexity index is 145. The summed E-state index contributed by atoms with van der Waals surface area (Å²) in [7, 11) is 0. The molecule has 0 saturated carbocycles. The van der Waals surface area contributed by atoms with E-state index in [1.807, 2.05) is 6.92 Å². The summed E-state index contributed by atoms with van der Waals surface area (Å²) < 4.78 is 5.07. The van der Waals surface area contributed by atoms with Crippen LogP contribution in [0, 0.1) is 0 Å². The minimum atomic E-state index is 0. The van der Waals surface area contributed by atoms with Crippen LogP contribution in [-0.2, 0) is 9.53 Å². The van der Waals surface area contributed by atoms with Crippen molar-refractivity contribution in [1.29, 1.82) is 0 Å². The minimum absolute atomic E-state index is 0. The molecule has 0 aliphatic rings. The van der Waals surface area contributed by atoms with E-state index in [4.69, 9.17) is 4.74 Å². The Morgan fingerprint density at radius 1 is 1.20 bits per heavy atom. The van der Waals surface area contributed by atoms with Gasteiger partial charge in [0, 0.05) is 26.1 Å². The molecule has 0 saturated heterocycles. The van der Waals surface area contributed by atoms with Crippen LogP contribution in [0.4, 0.5) is 0 Å². The molecular formula is C10H23ClN2O2. The third-order valence-electron chi connectivity index (χ3n) is 1.73. The Kier molecular flexibility index (Phi) is 15.6. The molecule has 0 aromatic carbocycles. The molecular weight excluding hydrogens is 216 g/mol. The maximum absolute atomic E-state index is 11.1. The first-order valence-corrected chi connectivity index (χ1v) is 5.36. The lowest BCUT2D eigenvalue weighted by atomic mass is 10.4. The Hall–Kier alpha value is -0.320. The molecule has 0 aromatic rings. The molecule has 0 bridgehead atoms. The average molecular weight is 239 g/mol. The summed E-state index contributed by atoms with van der Waals surface area (Å²) in [5.74, 6) is 0.0664. The van der Waals surface area contributed by atoms with Gasteiger partial charge in [0.05, 0.1) is 6.61 Å². The number of rotatable bonds is 9. The van der Waals surface area contributed by atoms with Crippen LogP contribution in [0.3, 0.4) is 0 Å². The van der Waals surface area contributed by atoms with Crippen molar-refractivity contribution in [3.63, 3.8) is 0 Å². The van der Waals surface area contributed by atoms with Gasteiger partial charge in [-0.1, -0.05) is 6.92 Å². The number of halogens is 1. The molecule has 0 fully saturated rings. The summed E-state index contributed by atoms with van der Waals surface area (Å²) in [6, 6.07) is 0. The van der Waals surface area contributed by atoms with Crippen LogP contribution in [0.25, 0.3) is 0 Å². The monoisotopic (exact) mass is 238 g/mol. The van der Waals surface area contributed by atoms with Crippen LogP contribution < -0.4 is 10.6 Å². The molecule has 15 heavy (non-hydrogen) atoms. The fourth-order valence-electron chi connectivity index (χ4n) is 0.990. The first-order valence-electron chi connectivity index (χ1n) is 5.36. The molecule has 92 valence electrons. The predicted octanol–water partition coefficient (Wildman–Crippen LogP) is 0.951. The summed E-state index contributed by atoms with van der Waals surface area (Å²) in [5.41, 5.74) is 0. The van der Waals surface area contributed by atoms with E-state index in [-0.39, 0.29) is 18.3 Å². The van der Waals surface area contributed by atoms with E-state index in [9.17, 15) is 4.79 Å². The van der Waals surface area contributed by atoms with Gasteiger partial charge < -0.3 is 15.4 Å². The number of hydrogen-bond donors (Lipinski definition) is 2. The highest BCUT2D eigenvalue weighted by Crippen LogP contribution is 1.81. The first-order chi connectivity index (χ1) is 6.81. The van der Waals surface area contributed by atoms with Crippen molar-refractivity contribution < 1.29 is 9.53 Å².